The van der Waals surface area contributed by atoms with Crippen molar-refractivity contribution in [1.82, 2.24) is 0 Å². The molecular formula is C4H7F2O. The van der Waals surface area contributed by atoms with E-state index in [-0.39, 0.29) is 6.10 Å². The summed E-state index contributed by atoms with van der Waals surface area (Å²) in [4.78, 5) is 0. The molecule has 0 rings (SSSR count). The highest BCUT2D eigenvalue weighted by atomic mass is 19.3. The summed E-state index contributed by atoms with van der Waals surface area (Å²) in [6.45, 7) is 0.295. The fraction of sp³-hybridized carbons (Fsp3) is 0.750. The smallest absolute Gasteiger partial charge is 0.314 e. The number of alkyl halides is 2. The molecule has 3 heteroatoms. The second kappa shape index (κ2) is 2.91. The highest BCUT2D eigenvalue weighted by molar-refractivity contribution is 4.58. The number of ether oxygens (including phenoxy) is 1. The molecule has 0 aromatic heterocycles. The van der Waals surface area contributed by atoms with Gasteiger partial charge in [-0.3, -0.25) is 0 Å². The van der Waals surface area contributed by atoms with Crippen LogP contribution in [0.3, 0.4) is 0 Å². The van der Waals surface area contributed by atoms with Crippen LogP contribution in [0.1, 0.15) is 13.8 Å². The summed E-state index contributed by atoms with van der Waals surface area (Å²) in [7, 11) is 0. The van der Waals surface area contributed by atoms with E-state index in [2.05, 4.69) is 4.74 Å². The fourth-order valence-electron chi connectivity index (χ4n) is 0.178. The van der Waals surface area contributed by atoms with Gasteiger partial charge in [-0.15, -0.1) is 0 Å². The van der Waals surface area contributed by atoms with E-state index < -0.39 is 6.61 Å². The maximum Gasteiger partial charge on any atom is 0.345 e. The maximum atomic E-state index is 11.0. The molecule has 1 nitrogen and oxygen atoms in total. The topological polar surface area (TPSA) is 9.23 Å². The van der Waals surface area contributed by atoms with Crippen LogP contribution >= 0.6 is 0 Å². The Kier molecular flexibility index (Phi) is 2.83. The van der Waals surface area contributed by atoms with Gasteiger partial charge in [0, 0.05) is 0 Å². The fourth-order valence-corrected chi connectivity index (χ4v) is 0.178. The van der Waals surface area contributed by atoms with Gasteiger partial charge >= 0.3 is 6.61 Å². The van der Waals surface area contributed by atoms with E-state index in [0.717, 1.165) is 0 Å². The van der Waals surface area contributed by atoms with Crippen LogP contribution in [0.4, 0.5) is 8.78 Å². The first-order valence-corrected chi connectivity index (χ1v) is 1.88. The lowest BCUT2D eigenvalue weighted by Crippen LogP contribution is -1.99. The van der Waals surface area contributed by atoms with Crippen LogP contribution in [-0.2, 0) is 4.74 Å². The van der Waals surface area contributed by atoms with Gasteiger partial charge < -0.3 is 4.74 Å². The minimum Gasteiger partial charge on any atom is -0.314 e. The van der Waals surface area contributed by atoms with Crippen LogP contribution in [0, 0.1) is 6.10 Å². The molecule has 1 radical (unpaired) electrons. The average molecular weight is 109 g/mol. The molecule has 0 saturated carbocycles. The zero-order valence-corrected chi connectivity index (χ0v) is 4.24. The molecular weight excluding hydrogens is 102 g/mol. The molecule has 0 spiro atoms. The molecule has 43 valence electrons. The molecule has 0 aromatic rings. The predicted octanol–water partition coefficient (Wildman–Crippen LogP) is 1.80. The maximum absolute atomic E-state index is 11.0. The first kappa shape index (κ1) is 6.82. The highest BCUT2D eigenvalue weighted by Crippen LogP contribution is 2.04. The molecule has 0 amide bonds. The first-order chi connectivity index (χ1) is 3.13. The van der Waals surface area contributed by atoms with Gasteiger partial charge in [-0.1, -0.05) is 0 Å². The summed E-state index contributed by atoms with van der Waals surface area (Å²) in [5, 5.41) is 0. The third kappa shape index (κ3) is 5.82. The Hall–Kier alpha value is -0.180. The van der Waals surface area contributed by atoms with Crippen molar-refractivity contribution in [3.8, 4) is 0 Å². The monoisotopic (exact) mass is 109 g/mol. The normalized spacial score (nSPS) is 11.1. The van der Waals surface area contributed by atoms with Crippen molar-refractivity contribution in [3.05, 3.63) is 6.10 Å². The quantitative estimate of drug-likeness (QED) is 0.525. The molecule has 0 aliphatic carbocycles. The van der Waals surface area contributed by atoms with Crippen molar-refractivity contribution in [3.63, 3.8) is 0 Å². The predicted molar refractivity (Wildman–Crippen MR) is 21.7 cm³/mol. The largest absolute Gasteiger partial charge is 0.345 e. The van der Waals surface area contributed by atoms with Crippen molar-refractivity contribution < 1.29 is 13.5 Å². The summed E-state index contributed by atoms with van der Waals surface area (Å²) < 4.78 is 25.9. The number of halogens is 2. The summed E-state index contributed by atoms with van der Waals surface area (Å²) in [5.74, 6) is 0. The van der Waals surface area contributed by atoms with Crippen LogP contribution in [-0.4, -0.2) is 6.61 Å². The highest BCUT2D eigenvalue weighted by Gasteiger charge is 2.03. The van der Waals surface area contributed by atoms with Crippen LogP contribution in [0.25, 0.3) is 0 Å². The lowest BCUT2D eigenvalue weighted by atomic mass is 10.5. The molecule has 0 aliphatic heterocycles. The van der Waals surface area contributed by atoms with Gasteiger partial charge in [-0.05, 0) is 13.8 Å². The molecule has 0 saturated heterocycles. The zero-order valence-electron chi connectivity index (χ0n) is 4.24. The van der Waals surface area contributed by atoms with Crippen molar-refractivity contribution in [1.29, 1.82) is 0 Å². The molecule has 0 fully saturated rings. The molecule has 0 aromatic carbocycles. The first-order valence-electron chi connectivity index (χ1n) is 1.88. The van der Waals surface area contributed by atoms with Crippen LogP contribution in [0.15, 0.2) is 0 Å². The Bertz CT molecular complexity index is 39.0. The zero-order chi connectivity index (χ0) is 5.86. The van der Waals surface area contributed by atoms with Crippen LogP contribution < -0.4 is 0 Å². The summed E-state index contributed by atoms with van der Waals surface area (Å²) in [6, 6.07) is 0. The van der Waals surface area contributed by atoms with Gasteiger partial charge in [0.2, 0.25) is 0 Å². The van der Waals surface area contributed by atoms with Gasteiger partial charge in [0.15, 0.2) is 0 Å². The molecule has 0 bridgehead atoms. The lowest BCUT2D eigenvalue weighted by molar-refractivity contribution is -0.118. The number of hydrogen-bond acceptors (Lipinski definition) is 1. The van der Waals surface area contributed by atoms with Crippen molar-refractivity contribution in [2.45, 2.75) is 20.5 Å². The minimum atomic E-state index is -2.66. The second-order valence-electron chi connectivity index (χ2n) is 1.29. The van der Waals surface area contributed by atoms with E-state index in [1.807, 2.05) is 0 Å². The Morgan fingerprint density at radius 3 is 1.86 bits per heavy atom. The number of hydrogen-bond donors (Lipinski definition) is 0. The lowest BCUT2D eigenvalue weighted by Gasteiger charge is -2.01. The third-order valence-corrected chi connectivity index (χ3v) is 0.325. The van der Waals surface area contributed by atoms with Gasteiger partial charge in [-0.2, -0.15) is 8.78 Å². The Labute approximate surface area is 41.3 Å². The summed E-state index contributed by atoms with van der Waals surface area (Å²) in [6.07, 6.45) is 0.287. The SMILES string of the molecule is C[C](C)OC(F)F. The van der Waals surface area contributed by atoms with Gasteiger partial charge in [0.05, 0.1) is 6.10 Å². The Morgan fingerprint density at radius 1 is 1.43 bits per heavy atom. The van der Waals surface area contributed by atoms with Crippen LogP contribution in [0.5, 0.6) is 0 Å². The van der Waals surface area contributed by atoms with E-state index in [4.69, 9.17) is 0 Å². The number of rotatable bonds is 2. The molecule has 0 aliphatic rings. The summed E-state index contributed by atoms with van der Waals surface area (Å²) >= 11 is 0. The standard InChI is InChI=1S/C4H7F2O/c1-3(2)7-4(5)6/h4H,1-2H3. The van der Waals surface area contributed by atoms with Crippen molar-refractivity contribution >= 4 is 0 Å². The minimum absolute atomic E-state index is 0.287. The Morgan fingerprint density at radius 2 is 1.86 bits per heavy atom. The van der Waals surface area contributed by atoms with Crippen LogP contribution in [0.2, 0.25) is 0 Å². The molecule has 0 atom stereocenters. The van der Waals surface area contributed by atoms with E-state index in [9.17, 15) is 8.78 Å². The van der Waals surface area contributed by atoms with Gasteiger partial charge in [-0.25, -0.2) is 0 Å². The molecule has 0 N–H and O–H groups in total. The Balaban J connectivity index is 2.95. The third-order valence-electron chi connectivity index (χ3n) is 0.325. The van der Waals surface area contributed by atoms with E-state index in [1.165, 1.54) is 13.8 Å². The van der Waals surface area contributed by atoms with Gasteiger partial charge in [0.1, 0.15) is 0 Å². The average Bonchev–Trinajstić information content (AvgIpc) is 1.27. The van der Waals surface area contributed by atoms with Crippen molar-refractivity contribution in [2.24, 2.45) is 0 Å². The molecule has 0 unspecified atom stereocenters. The summed E-state index contributed by atoms with van der Waals surface area (Å²) in [5.41, 5.74) is 0. The van der Waals surface area contributed by atoms with Gasteiger partial charge in [0.25, 0.3) is 0 Å². The van der Waals surface area contributed by atoms with E-state index in [0.29, 0.717) is 0 Å². The molecule has 7 heavy (non-hydrogen) atoms. The van der Waals surface area contributed by atoms with Crippen molar-refractivity contribution in [2.75, 3.05) is 0 Å². The van der Waals surface area contributed by atoms with E-state index >= 15 is 0 Å². The molecule has 0 heterocycles. The van der Waals surface area contributed by atoms with E-state index in [1.54, 1.807) is 0 Å². The second-order valence-corrected chi connectivity index (χ2v) is 1.29.